The molecule has 1 fully saturated rings. The highest BCUT2D eigenvalue weighted by atomic mass is 19.4. The predicted octanol–water partition coefficient (Wildman–Crippen LogP) is 6.12. The average Bonchev–Trinajstić information content (AvgIpc) is 3.44. The Morgan fingerprint density at radius 2 is 1.67 bits per heavy atom. The van der Waals surface area contributed by atoms with Crippen molar-refractivity contribution in [3.8, 4) is 40.0 Å². The van der Waals surface area contributed by atoms with Crippen LogP contribution in [0.2, 0.25) is 0 Å². The minimum atomic E-state index is -4.61. The number of aryl methyl sites for hydroxylation is 1. The van der Waals surface area contributed by atoms with Crippen molar-refractivity contribution >= 4 is 40.3 Å². The van der Waals surface area contributed by atoms with Crippen molar-refractivity contribution < 1.29 is 41.4 Å². The lowest BCUT2D eigenvalue weighted by atomic mass is 9.96. The molecule has 0 radical (unpaired) electrons. The van der Waals surface area contributed by atoms with Crippen molar-refractivity contribution in [1.29, 1.82) is 0 Å². The number of nitrogens with zero attached hydrogens (tertiary/aromatic N) is 4. The first kappa shape index (κ1) is 40.1. The number of carbonyl (C=O) groups excluding carboxylic acids is 3. The maximum absolute atomic E-state index is 13.4. The molecule has 16 heteroatoms. The summed E-state index contributed by atoms with van der Waals surface area (Å²) in [5.74, 6) is 3.51. The van der Waals surface area contributed by atoms with Crippen molar-refractivity contribution in [1.82, 2.24) is 24.7 Å². The van der Waals surface area contributed by atoms with Crippen LogP contribution in [0.3, 0.4) is 0 Å². The lowest BCUT2D eigenvalue weighted by Gasteiger charge is -2.34. The maximum atomic E-state index is 13.4. The summed E-state index contributed by atoms with van der Waals surface area (Å²) >= 11 is 0. The molecular weight excluding hydrogens is 722 g/mol. The molecule has 55 heavy (non-hydrogen) atoms. The first-order chi connectivity index (χ1) is 25.9. The van der Waals surface area contributed by atoms with E-state index in [4.69, 9.17) is 15.2 Å². The standard InChI is InChI=1S/C39H41F4N7O5/c1-23(40)35(51)47-27-12-9-24(10-13-27)32-30(25-11-14-28(29(20-25)54-6)36(52)46-22-39(41,42)43)31-33(48(32)5)26(21-45-34(31)44)8-7-15-49-16-18-50(19-17-49)37(53)55-38(2,3)4/h9-14,20-21H,1,15-19,22H2,2-6H3,(H2,44,45)(H,46,52)(H,47,51). The molecule has 0 unspecified atom stereocenters. The number of pyridine rings is 1. The number of fused-ring (bicyclic) bond motifs is 1. The van der Waals surface area contributed by atoms with E-state index < -0.39 is 36.0 Å². The molecule has 4 aromatic rings. The van der Waals surface area contributed by atoms with Gasteiger partial charge >= 0.3 is 12.3 Å². The minimum absolute atomic E-state index is 0.0129. The molecule has 4 N–H and O–H groups in total. The first-order valence-electron chi connectivity index (χ1n) is 17.1. The summed E-state index contributed by atoms with van der Waals surface area (Å²) in [4.78, 5) is 45.4. The zero-order chi connectivity index (χ0) is 40.2. The van der Waals surface area contributed by atoms with E-state index in [1.54, 1.807) is 48.5 Å². The summed E-state index contributed by atoms with van der Waals surface area (Å²) in [5.41, 5.74) is 9.64. The van der Waals surface area contributed by atoms with Gasteiger partial charge in [-0.2, -0.15) is 13.2 Å². The Morgan fingerprint density at radius 1 is 1.02 bits per heavy atom. The van der Waals surface area contributed by atoms with Crippen LogP contribution in [0.1, 0.15) is 36.7 Å². The van der Waals surface area contributed by atoms with Crippen LogP contribution in [0.15, 0.2) is 61.1 Å². The molecule has 12 nitrogen and oxygen atoms in total. The number of alkyl halides is 3. The van der Waals surface area contributed by atoms with E-state index in [0.717, 1.165) is 0 Å². The van der Waals surface area contributed by atoms with Gasteiger partial charge in [-0.05, 0) is 56.2 Å². The van der Waals surface area contributed by atoms with E-state index in [0.29, 0.717) is 77.3 Å². The predicted molar refractivity (Wildman–Crippen MR) is 201 cm³/mol. The Bertz CT molecular complexity index is 2190. The SMILES string of the molecule is C=C(F)C(=O)Nc1ccc(-c2c(-c3ccc(C(=O)NCC(F)(F)F)c(OC)c3)c3c(N)ncc(C#CCN4CCN(C(=O)OC(C)(C)C)CC4)c3n2C)cc1. The first-order valence-corrected chi connectivity index (χ1v) is 17.1. The normalized spacial score (nSPS) is 13.5. The van der Waals surface area contributed by atoms with Crippen LogP contribution in [0.25, 0.3) is 33.3 Å². The van der Waals surface area contributed by atoms with Crippen molar-refractivity contribution in [2.75, 3.05) is 57.4 Å². The van der Waals surface area contributed by atoms with Crippen molar-refractivity contribution in [2.45, 2.75) is 32.5 Å². The molecule has 290 valence electrons. The third kappa shape index (κ3) is 9.54. The molecule has 1 aliphatic heterocycles. The summed E-state index contributed by atoms with van der Waals surface area (Å²) in [7, 11) is 3.10. The molecule has 0 atom stereocenters. The van der Waals surface area contributed by atoms with E-state index in [1.807, 2.05) is 30.7 Å². The lowest BCUT2D eigenvalue weighted by Crippen LogP contribution is -2.50. The number of nitrogens with one attached hydrogen (secondary N) is 2. The summed E-state index contributed by atoms with van der Waals surface area (Å²) in [5, 5.41) is 4.80. The highest BCUT2D eigenvalue weighted by molar-refractivity contribution is 6.11. The number of ether oxygens (including phenoxy) is 2. The second-order valence-electron chi connectivity index (χ2n) is 13.8. The Kier molecular flexibility index (Phi) is 11.8. The van der Waals surface area contributed by atoms with Crippen LogP contribution in [-0.4, -0.2) is 95.4 Å². The van der Waals surface area contributed by atoms with Crippen LogP contribution in [0, 0.1) is 11.8 Å². The molecule has 3 heterocycles. The molecule has 1 saturated heterocycles. The number of anilines is 2. The molecule has 0 aliphatic carbocycles. The number of nitrogen functional groups attached to an aromatic ring is 1. The Hall–Kier alpha value is -6.08. The average molecular weight is 764 g/mol. The Balaban J connectivity index is 1.55. The number of amides is 3. The zero-order valence-corrected chi connectivity index (χ0v) is 31.0. The molecule has 2 aromatic carbocycles. The topological polar surface area (TPSA) is 144 Å². The van der Waals surface area contributed by atoms with Crippen molar-refractivity contribution in [3.63, 3.8) is 0 Å². The summed E-state index contributed by atoms with van der Waals surface area (Å²) in [6, 6.07) is 11.0. The van der Waals surface area contributed by atoms with Gasteiger partial charge in [0.25, 0.3) is 11.8 Å². The summed E-state index contributed by atoms with van der Waals surface area (Å²) < 4.78 is 64.8. The molecule has 0 bridgehead atoms. The highest BCUT2D eigenvalue weighted by Gasteiger charge is 2.30. The number of methoxy groups -OCH3 is 1. The number of benzene rings is 2. The fraction of sp³-hybridized carbons (Fsp3) is 0.333. The van der Waals surface area contributed by atoms with Gasteiger partial charge < -0.3 is 35.3 Å². The second kappa shape index (κ2) is 16.1. The monoisotopic (exact) mass is 763 g/mol. The molecule has 1 aliphatic rings. The zero-order valence-electron chi connectivity index (χ0n) is 31.0. The van der Waals surface area contributed by atoms with Gasteiger partial charge in [0.15, 0.2) is 5.83 Å². The van der Waals surface area contributed by atoms with Gasteiger partial charge in [-0.1, -0.05) is 36.6 Å². The van der Waals surface area contributed by atoms with Gasteiger partial charge in [0.05, 0.1) is 41.4 Å². The van der Waals surface area contributed by atoms with Crippen LogP contribution in [0.5, 0.6) is 5.75 Å². The Labute approximate surface area is 315 Å². The maximum Gasteiger partial charge on any atom is 0.410 e. The third-order valence-electron chi connectivity index (χ3n) is 8.63. The van der Waals surface area contributed by atoms with Crippen molar-refractivity contribution in [3.05, 3.63) is 72.2 Å². The second-order valence-corrected chi connectivity index (χ2v) is 13.8. The quantitative estimate of drug-likeness (QED) is 0.111. The lowest BCUT2D eigenvalue weighted by molar-refractivity contribution is -0.123. The molecule has 5 rings (SSSR count). The van der Waals surface area contributed by atoms with Crippen LogP contribution in [-0.2, 0) is 16.6 Å². The minimum Gasteiger partial charge on any atom is -0.496 e. The fourth-order valence-electron chi connectivity index (χ4n) is 6.10. The summed E-state index contributed by atoms with van der Waals surface area (Å²) in [6.07, 6.45) is -3.40. The van der Waals surface area contributed by atoms with E-state index in [1.165, 1.54) is 19.2 Å². The molecule has 0 spiro atoms. The van der Waals surface area contributed by atoms with Crippen LogP contribution in [0.4, 0.5) is 33.9 Å². The Morgan fingerprint density at radius 3 is 2.27 bits per heavy atom. The number of hydrogen-bond donors (Lipinski definition) is 3. The van der Waals surface area contributed by atoms with Gasteiger partial charge in [0.1, 0.15) is 23.7 Å². The van der Waals surface area contributed by atoms with Crippen LogP contribution >= 0.6 is 0 Å². The van der Waals surface area contributed by atoms with Gasteiger partial charge in [0, 0.05) is 50.7 Å². The number of rotatable bonds is 8. The van der Waals surface area contributed by atoms with E-state index in [2.05, 4.69) is 33.6 Å². The summed E-state index contributed by atoms with van der Waals surface area (Å²) in [6.45, 7) is 9.56. The van der Waals surface area contributed by atoms with Crippen molar-refractivity contribution in [2.24, 2.45) is 7.05 Å². The molecule has 2 aromatic heterocycles. The number of piperazine rings is 1. The van der Waals surface area contributed by atoms with E-state index in [9.17, 15) is 31.9 Å². The molecular formula is C39H41F4N7O5. The molecule has 0 saturated carbocycles. The van der Waals surface area contributed by atoms with Gasteiger partial charge in [0.2, 0.25) is 0 Å². The van der Waals surface area contributed by atoms with Gasteiger partial charge in [-0.3, -0.25) is 14.5 Å². The number of hydrogen-bond acceptors (Lipinski definition) is 8. The van der Waals surface area contributed by atoms with Gasteiger partial charge in [-0.15, -0.1) is 0 Å². The van der Waals surface area contributed by atoms with E-state index >= 15 is 0 Å². The fourth-order valence-corrected chi connectivity index (χ4v) is 6.10. The number of aromatic nitrogens is 2. The van der Waals surface area contributed by atoms with Crippen LogP contribution < -0.4 is 21.1 Å². The molecule has 3 amide bonds. The highest BCUT2D eigenvalue weighted by Crippen LogP contribution is 2.44. The van der Waals surface area contributed by atoms with Gasteiger partial charge in [-0.25, -0.2) is 14.2 Å². The largest absolute Gasteiger partial charge is 0.496 e. The number of carbonyl (C=O) groups is 3. The number of halogens is 4. The van der Waals surface area contributed by atoms with E-state index in [-0.39, 0.29) is 23.2 Å². The third-order valence-corrected chi connectivity index (χ3v) is 8.63. The smallest absolute Gasteiger partial charge is 0.410 e. The number of nitrogens with two attached hydrogens (primary N) is 1.